The van der Waals surface area contributed by atoms with Gasteiger partial charge in [-0.25, -0.2) is 13.2 Å². The highest BCUT2D eigenvalue weighted by molar-refractivity contribution is 7.92. The molecule has 41 heavy (non-hydrogen) atoms. The maximum atomic E-state index is 13.4. The molecule has 7 N–H and O–H groups in total. The summed E-state index contributed by atoms with van der Waals surface area (Å²) in [5.74, 6) is -2.66. The molecule has 0 aromatic heterocycles. The van der Waals surface area contributed by atoms with Gasteiger partial charge in [-0.15, -0.1) is 0 Å². The lowest BCUT2D eigenvalue weighted by Crippen LogP contribution is -2.45. The average Bonchev–Trinajstić information content (AvgIpc) is 2.88. The first-order valence-electron chi connectivity index (χ1n) is 12.8. The number of ether oxygens (including phenoxy) is 2. The number of sulfone groups is 1. The molecule has 13 heteroatoms. The van der Waals surface area contributed by atoms with Crippen molar-refractivity contribution in [3.05, 3.63) is 72.3 Å². The van der Waals surface area contributed by atoms with Crippen LogP contribution in [-0.2, 0) is 40.1 Å². The molecule has 2 rings (SSSR count). The Bertz CT molecular complexity index is 1340. The maximum Gasteiger partial charge on any atom is 0.352 e. The Balaban J connectivity index is 2.31. The first-order valence-corrected chi connectivity index (χ1v) is 14.3. The molecule has 0 aliphatic carbocycles. The molecule has 1 radical (unpaired) electrons. The first kappa shape index (κ1) is 33.2. The van der Waals surface area contributed by atoms with Gasteiger partial charge in [0.05, 0.1) is 16.6 Å². The molecule has 1 amide bonds. The lowest BCUT2D eigenvalue weighted by molar-refractivity contribution is -0.177. The Morgan fingerprint density at radius 3 is 2.12 bits per heavy atom. The molecule has 0 spiro atoms. The van der Waals surface area contributed by atoms with E-state index in [0.717, 1.165) is 5.56 Å². The van der Waals surface area contributed by atoms with Crippen molar-refractivity contribution in [1.29, 1.82) is 5.41 Å². The van der Waals surface area contributed by atoms with Crippen LogP contribution in [0.25, 0.3) is 0 Å². The van der Waals surface area contributed by atoms with E-state index >= 15 is 0 Å². The monoisotopic (exact) mass is 588 g/mol. The van der Waals surface area contributed by atoms with Gasteiger partial charge in [-0.05, 0) is 51.8 Å². The van der Waals surface area contributed by atoms with E-state index in [9.17, 15) is 22.8 Å². The fraction of sp³-hybridized carbons (Fsp3) is 0.393. The summed E-state index contributed by atoms with van der Waals surface area (Å²) in [7, 11) is -0.689. The molecule has 2 unspecified atom stereocenters. The number of nitrogens with one attached hydrogen (secondary N) is 3. The Labute approximate surface area is 240 Å². The topological polar surface area (TPSA) is 204 Å². The van der Waals surface area contributed by atoms with Crippen molar-refractivity contribution in [3.8, 4) is 0 Å². The van der Waals surface area contributed by atoms with Gasteiger partial charge in [0.25, 0.3) is 0 Å². The second-order valence-corrected chi connectivity index (χ2v) is 12.7. The SMILES string of the molecule is [CH2]NC(=O)Cc1ccc(C(OC(=O)[C@@H](N)CC(CNC(=N)N)S(=O)(=O)c2ccc(C)cc2)C(=O)OC(C)(C)C)cc1. The van der Waals surface area contributed by atoms with Crippen LogP contribution in [0.1, 0.15) is 50.0 Å². The third-order valence-corrected chi connectivity index (χ3v) is 7.99. The lowest BCUT2D eigenvalue weighted by Gasteiger charge is -2.26. The Morgan fingerprint density at radius 1 is 1.02 bits per heavy atom. The van der Waals surface area contributed by atoms with Gasteiger partial charge >= 0.3 is 11.9 Å². The third kappa shape index (κ3) is 10.2. The van der Waals surface area contributed by atoms with Crippen LogP contribution < -0.4 is 22.1 Å². The smallest absolute Gasteiger partial charge is 0.352 e. The quantitative estimate of drug-likeness (QED) is 0.137. The van der Waals surface area contributed by atoms with E-state index in [1.54, 1.807) is 45.0 Å². The number of amides is 1. The fourth-order valence-electron chi connectivity index (χ4n) is 3.71. The minimum atomic E-state index is -4.01. The molecule has 0 heterocycles. The molecule has 0 saturated heterocycles. The molecule has 2 aromatic rings. The summed E-state index contributed by atoms with van der Waals surface area (Å²) in [6.45, 7) is 6.48. The molecule has 0 saturated carbocycles. The van der Waals surface area contributed by atoms with Gasteiger partial charge in [-0.1, -0.05) is 42.0 Å². The highest BCUT2D eigenvalue weighted by atomic mass is 32.2. The standard InChI is InChI=1S/C28H38N5O7S/c1-17-6-12-20(13-7-17)41(37,38)21(16-33-27(30)31)15-22(29)25(35)39-24(26(36)40-28(2,3)4)19-10-8-18(9-11-19)14-23(34)32-5/h6-13,21-22,24H,5,14-16,29H2,1-4H3,(H,32,34)(H4,30,31,33)/t21?,22-,24?/m0/s1. The second kappa shape index (κ2) is 14.1. The normalized spacial score (nSPS) is 13.8. The predicted octanol–water partition coefficient (Wildman–Crippen LogP) is 1.41. The average molecular weight is 589 g/mol. The molecule has 223 valence electrons. The van der Waals surface area contributed by atoms with Gasteiger partial charge < -0.3 is 31.6 Å². The number of esters is 2. The summed E-state index contributed by atoms with van der Waals surface area (Å²) in [4.78, 5) is 37.8. The molecule has 0 fully saturated rings. The summed E-state index contributed by atoms with van der Waals surface area (Å²) in [6, 6.07) is 10.9. The Kier molecular flexibility index (Phi) is 11.4. The minimum absolute atomic E-state index is 0.0123. The van der Waals surface area contributed by atoms with Crippen LogP contribution in [0.3, 0.4) is 0 Å². The van der Waals surface area contributed by atoms with E-state index < -0.39 is 57.2 Å². The van der Waals surface area contributed by atoms with E-state index in [-0.39, 0.29) is 29.3 Å². The predicted molar refractivity (Wildman–Crippen MR) is 153 cm³/mol. The Hall–Kier alpha value is -3.97. The third-order valence-electron chi connectivity index (χ3n) is 5.83. The molecule has 2 aromatic carbocycles. The number of hydrogen-bond donors (Lipinski definition) is 5. The van der Waals surface area contributed by atoms with Gasteiger partial charge in [-0.3, -0.25) is 15.0 Å². The van der Waals surface area contributed by atoms with Crippen LogP contribution in [-0.4, -0.2) is 55.7 Å². The number of guanidine groups is 1. The summed E-state index contributed by atoms with van der Waals surface area (Å²) in [5, 5.41) is 10.9. The van der Waals surface area contributed by atoms with E-state index in [4.69, 9.17) is 26.4 Å². The molecule has 0 aliphatic rings. The van der Waals surface area contributed by atoms with Crippen molar-refractivity contribution in [2.45, 2.75) is 68.4 Å². The highest BCUT2D eigenvalue weighted by Crippen LogP contribution is 2.25. The molecule has 3 atom stereocenters. The van der Waals surface area contributed by atoms with Crippen LogP contribution in [0.4, 0.5) is 0 Å². The van der Waals surface area contributed by atoms with E-state index in [0.29, 0.717) is 5.56 Å². The maximum absolute atomic E-state index is 13.4. The number of hydrogen-bond acceptors (Lipinski definition) is 9. The largest absolute Gasteiger partial charge is 0.457 e. The van der Waals surface area contributed by atoms with Gasteiger partial charge in [0, 0.05) is 19.2 Å². The number of nitrogens with two attached hydrogens (primary N) is 2. The summed E-state index contributed by atoms with van der Waals surface area (Å²) >= 11 is 0. The van der Waals surface area contributed by atoms with Crippen LogP contribution in [0, 0.1) is 19.4 Å². The van der Waals surface area contributed by atoms with Crippen LogP contribution in [0.5, 0.6) is 0 Å². The zero-order valence-corrected chi connectivity index (χ0v) is 24.4. The van der Waals surface area contributed by atoms with Gasteiger partial charge in [0.15, 0.2) is 15.8 Å². The molecule has 0 aliphatic heterocycles. The van der Waals surface area contributed by atoms with Crippen LogP contribution in [0.2, 0.25) is 0 Å². The van der Waals surface area contributed by atoms with E-state index in [1.165, 1.54) is 24.3 Å². The first-order chi connectivity index (χ1) is 19.0. The van der Waals surface area contributed by atoms with Crippen LogP contribution in [0.15, 0.2) is 53.4 Å². The molecule has 0 bridgehead atoms. The van der Waals surface area contributed by atoms with Crippen LogP contribution >= 0.6 is 0 Å². The number of carbonyl (C=O) groups excluding carboxylic acids is 3. The van der Waals surface area contributed by atoms with Gasteiger partial charge in [-0.2, -0.15) is 0 Å². The van der Waals surface area contributed by atoms with Crippen molar-refractivity contribution < 1.29 is 32.3 Å². The number of aryl methyl sites for hydroxylation is 1. The zero-order valence-electron chi connectivity index (χ0n) is 23.6. The molecular weight excluding hydrogens is 550 g/mol. The van der Waals surface area contributed by atoms with Crippen molar-refractivity contribution >= 4 is 33.6 Å². The van der Waals surface area contributed by atoms with Crippen molar-refractivity contribution in [2.24, 2.45) is 11.5 Å². The summed E-state index contributed by atoms with van der Waals surface area (Å²) in [5.41, 5.74) is 12.3. The van der Waals surface area contributed by atoms with Gasteiger partial charge in [0.1, 0.15) is 11.6 Å². The number of carbonyl (C=O) groups is 3. The fourth-order valence-corrected chi connectivity index (χ4v) is 5.38. The molecular formula is C28H38N5O7S. The minimum Gasteiger partial charge on any atom is -0.457 e. The number of rotatable bonds is 12. The highest BCUT2D eigenvalue weighted by Gasteiger charge is 2.35. The van der Waals surface area contributed by atoms with Crippen molar-refractivity contribution in [1.82, 2.24) is 10.6 Å². The zero-order chi connectivity index (χ0) is 31.0. The van der Waals surface area contributed by atoms with E-state index in [2.05, 4.69) is 17.7 Å². The van der Waals surface area contributed by atoms with Crippen molar-refractivity contribution in [2.75, 3.05) is 6.54 Å². The summed E-state index contributed by atoms with van der Waals surface area (Å²) in [6.07, 6.45) is -1.85. The Morgan fingerprint density at radius 2 is 1.61 bits per heavy atom. The van der Waals surface area contributed by atoms with Gasteiger partial charge in [0.2, 0.25) is 12.0 Å². The second-order valence-electron chi connectivity index (χ2n) is 10.5. The molecule has 12 nitrogen and oxygen atoms in total. The van der Waals surface area contributed by atoms with E-state index in [1.807, 2.05) is 6.92 Å². The number of benzene rings is 2. The lowest BCUT2D eigenvalue weighted by atomic mass is 10.0. The summed E-state index contributed by atoms with van der Waals surface area (Å²) < 4.78 is 37.7. The van der Waals surface area contributed by atoms with Crippen molar-refractivity contribution in [3.63, 3.8) is 0 Å².